The molecule has 0 saturated heterocycles. The van der Waals surface area contributed by atoms with E-state index in [9.17, 15) is 9.59 Å². The number of hydrogen-bond acceptors (Lipinski definition) is 4. The van der Waals surface area contributed by atoms with Crippen molar-refractivity contribution >= 4 is 33.8 Å². The highest BCUT2D eigenvalue weighted by Gasteiger charge is 2.07. The van der Waals surface area contributed by atoms with Gasteiger partial charge in [0, 0.05) is 11.8 Å². The molecule has 2 aromatic heterocycles. The summed E-state index contributed by atoms with van der Waals surface area (Å²) in [5.74, 6) is -0.307. The Hall–Kier alpha value is -2.35. The highest BCUT2D eigenvalue weighted by Crippen LogP contribution is 2.14. The number of carbonyl (C=O) groups is 2. The van der Waals surface area contributed by atoms with Gasteiger partial charge in [0.2, 0.25) is 0 Å². The number of amides is 2. The Labute approximate surface area is 135 Å². The van der Waals surface area contributed by atoms with E-state index in [1.165, 1.54) is 12.2 Å². The number of carbonyl (C=O) groups excluding carboxylic acids is 2. The van der Waals surface area contributed by atoms with Gasteiger partial charge in [-0.1, -0.05) is 0 Å². The van der Waals surface area contributed by atoms with Crippen LogP contribution in [0.1, 0.15) is 17.1 Å². The Morgan fingerprint density at radius 1 is 1.36 bits per heavy atom. The van der Waals surface area contributed by atoms with E-state index in [4.69, 9.17) is 4.42 Å². The molecule has 2 amide bonds. The predicted molar refractivity (Wildman–Crippen MR) is 83.4 cm³/mol. The van der Waals surface area contributed by atoms with E-state index >= 15 is 0 Å². The summed E-state index contributed by atoms with van der Waals surface area (Å²) < 4.78 is 7.34. The summed E-state index contributed by atoms with van der Waals surface area (Å²) in [7, 11) is 0. The maximum atomic E-state index is 11.7. The molecule has 0 unspecified atom stereocenters. The Bertz CT molecular complexity index is 717. The third kappa shape index (κ3) is 4.59. The molecule has 0 fully saturated rings. The molecule has 0 bridgehead atoms. The lowest BCUT2D eigenvalue weighted by Gasteiger charge is -2.06. The fourth-order valence-electron chi connectivity index (χ4n) is 1.76. The molecule has 0 atom stereocenters. The molecule has 2 rings (SSSR count). The van der Waals surface area contributed by atoms with Gasteiger partial charge in [0.15, 0.2) is 4.67 Å². The zero-order valence-corrected chi connectivity index (χ0v) is 13.7. The number of aromatic nitrogens is 2. The summed E-state index contributed by atoms with van der Waals surface area (Å²) in [6.45, 7) is 3.74. The van der Waals surface area contributed by atoms with Gasteiger partial charge in [-0.3, -0.25) is 25.1 Å². The van der Waals surface area contributed by atoms with Gasteiger partial charge in [0.05, 0.1) is 5.69 Å². The van der Waals surface area contributed by atoms with Gasteiger partial charge in [-0.05, 0) is 54.1 Å². The molecule has 0 aliphatic rings. The first-order valence-corrected chi connectivity index (χ1v) is 7.26. The van der Waals surface area contributed by atoms with E-state index < -0.39 is 5.91 Å². The topological polar surface area (TPSA) is 89.2 Å². The number of aryl methyl sites for hydroxylation is 2. The molecular weight excluding hydrogens is 352 g/mol. The number of halogens is 1. The molecule has 0 aliphatic heterocycles. The molecule has 2 aromatic rings. The number of nitrogens with zero attached hydrogens (tertiary/aromatic N) is 2. The van der Waals surface area contributed by atoms with Gasteiger partial charge >= 0.3 is 0 Å². The van der Waals surface area contributed by atoms with Gasteiger partial charge in [-0.15, -0.1) is 0 Å². The number of hydrogen-bond donors (Lipinski definition) is 2. The van der Waals surface area contributed by atoms with Crippen molar-refractivity contribution in [2.24, 2.45) is 0 Å². The quantitative estimate of drug-likeness (QED) is 0.636. The maximum Gasteiger partial charge on any atom is 0.262 e. The third-order valence-electron chi connectivity index (χ3n) is 2.71. The molecule has 0 aliphatic carbocycles. The average Bonchev–Trinajstić information content (AvgIpc) is 3.00. The van der Waals surface area contributed by atoms with Gasteiger partial charge in [0.1, 0.15) is 12.3 Å². The third-order valence-corrected chi connectivity index (χ3v) is 3.14. The average molecular weight is 367 g/mol. The normalized spacial score (nSPS) is 10.9. The highest BCUT2D eigenvalue weighted by molar-refractivity contribution is 9.10. The summed E-state index contributed by atoms with van der Waals surface area (Å²) in [6.07, 6.45) is 2.75. The second-order valence-electron chi connectivity index (χ2n) is 4.60. The standard InChI is InChI=1S/C14H15BrN4O3/c1-9-7-10(2)19(18-9)8-14(21)17-16-13(20)6-4-11-3-5-12(15)22-11/h3-7H,8H2,1-2H3,(H,16,20)(H,17,21). The van der Waals surface area contributed by atoms with Crippen LogP contribution in [-0.4, -0.2) is 21.6 Å². The number of furan rings is 1. The van der Waals surface area contributed by atoms with Crippen LogP contribution in [0.15, 0.2) is 33.4 Å². The van der Waals surface area contributed by atoms with Gasteiger partial charge in [-0.25, -0.2) is 0 Å². The van der Waals surface area contributed by atoms with Crippen LogP contribution in [0.2, 0.25) is 0 Å². The minimum Gasteiger partial charge on any atom is -0.450 e. The first-order valence-electron chi connectivity index (χ1n) is 6.47. The molecule has 2 heterocycles. The second kappa shape index (κ2) is 7.08. The molecule has 116 valence electrons. The molecule has 7 nitrogen and oxygen atoms in total. The van der Waals surface area contributed by atoms with Crippen LogP contribution in [0.25, 0.3) is 6.08 Å². The lowest BCUT2D eigenvalue weighted by atomic mass is 10.4. The Morgan fingerprint density at radius 3 is 2.73 bits per heavy atom. The Morgan fingerprint density at radius 2 is 2.14 bits per heavy atom. The summed E-state index contributed by atoms with van der Waals surface area (Å²) in [5, 5.41) is 4.17. The SMILES string of the molecule is Cc1cc(C)n(CC(=O)NNC(=O)C=Cc2ccc(Br)o2)n1. The fourth-order valence-corrected chi connectivity index (χ4v) is 2.08. The van der Waals surface area contributed by atoms with E-state index in [1.807, 2.05) is 19.9 Å². The van der Waals surface area contributed by atoms with Crippen molar-refractivity contribution < 1.29 is 14.0 Å². The second-order valence-corrected chi connectivity index (χ2v) is 5.38. The lowest BCUT2D eigenvalue weighted by Crippen LogP contribution is -2.42. The highest BCUT2D eigenvalue weighted by atomic mass is 79.9. The van der Waals surface area contributed by atoms with Crippen molar-refractivity contribution in [3.05, 3.63) is 46.1 Å². The van der Waals surface area contributed by atoms with Crippen molar-refractivity contribution in [2.45, 2.75) is 20.4 Å². The summed E-state index contributed by atoms with van der Waals surface area (Å²) >= 11 is 3.16. The number of hydrazine groups is 1. The molecular formula is C14H15BrN4O3. The van der Waals surface area contributed by atoms with Crippen LogP contribution >= 0.6 is 15.9 Å². The van der Waals surface area contributed by atoms with Crippen molar-refractivity contribution in [3.63, 3.8) is 0 Å². The molecule has 0 spiro atoms. The minimum absolute atomic E-state index is 0.0365. The zero-order valence-electron chi connectivity index (χ0n) is 12.1. The van der Waals surface area contributed by atoms with Crippen molar-refractivity contribution in [2.75, 3.05) is 0 Å². The summed E-state index contributed by atoms with van der Waals surface area (Å²) in [6, 6.07) is 5.29. The summed E-state index contributed by atoms with van der Waals surface area (Å²) in [5.41, 5.74) is 6.32. The van der Waals surface area contributed by atoms with Gasteiger partial charge < -0.3 is 4.42 Å². The first-order chi connectivity index (χ1) is 10.4. The summed E-state index contributed by atoms with van der Waals surface area (Å²) in [4.78, 5) is 23.3. The van der Waals surface area contributed by atoms with E-state index in [-0.39, 0.29) is 12.5 Å². The van der Waals surface area contributed by atoms with Crippen LogP contribution in [0.4, 0.5) is 0 Å². The predicted octanol–water partition coefficient (Wildman–Crippen LogP) is 1.72. The molecule has 8 heteroatoms. The molecule has 2 N–H and O–H groups in total. The number of rotatable bonds is 4. The van der Waals surface area contributed by atoms with Gasteiger partial charge in [-0.2, -0.15) is 5.10 Å². The maximum absolute atomic E-state index is 11.7. The van der Waals surface area contributed by atoms with Crippen molar-refractivity contribution in [3.8, 4) is 0 Å². The van der Waals surface area contributed by atoms with Crippen LogP contribution in [0, 0.1) is 13.8 Å². The van der Waals surface area contributed by atoms with Gasteiger partial charge in [0.25, 0.3) is 11.8 Å². The molecule has 22 heavy (non-hydrogen) atoms. The van der Waals surface area contributed by atoms with E-state index in [2.05, 4.69) is 31.9 Å². The fraction of sp³-hybridized carbons (Fsp3) is 0.214. The Kier molecular flexibility index (Phi) is 5.16. The molecule has 0 saturated carbocycles. The van der Waals surface area contributed by atoms with Crippen LogP contribution in [-0.2, 0) is 16.1 Å². The number of nitrogens with one attached hydrogen (secondary N) is 2. The Balaban J connectivity index is 1.79. The zero-order chi connectivity index (χ0) is 16.1. The molecule has 0 aromatic carbocycles. The van der Waals surface area contributed by atoms with E-state index in [0.29, 0.717) is 10.4 Å². The monoisotopic (exact) mass is 366 g/mol. The lowest BCUT2D eigenvalue weighted by molar-refractivity contribution is -0.127. The van der Waals surface area contributed by atoms with E-state index in [0.717, 1.165) is 11.4 Å². The smallest absolute Gasteiger partial charge is 0.262 e. The van der Waals surface area contributed by atoms with Crippen LogP contribution in [0.5, 0.6) is 0 Å². The van der Waals surface area contributed by atoms with E-state index in [1.54, 1.807) is 16.8 Å². The van der Waals surface area contributed by atoms with Crippen LogP contribution < -0.4 is 10.9 Å². The largest absolute Gasteiger partial charge is 0.450 e. The van der Waals surface area contributed by atoms with Crippen molar-refractivity contribution in [1.29, 1.82) is 0 Å². The van der Waals surface area contributed by atoms with Crippen molar-refractivity contribution in [1.82, 2.24) is 20.6 Å². The first kappa shape index (κ1) is 16.0. The van der Waals surface area contributed by atoms with Crippen LogP contribution in [0.3, 0.4) is 0 Å². The minimum atomic E-state index is -0.464. The molecule has 0 radical (unpaired) electrons.